The van der Waals surface area contributed by atoms with Gasteiger partial charge in [-0.05, 0) is 0 Å². The van der Waals surface area contributed by atoms with Crippen LogP contribution in [0.2, 0.25) is 0 Å². The van der Waals surface area contributed by atoms with Crippen LogP contribution in [0.4, 0.5) is 26.3 Å². The molecule has 0 radical (unpaired) electrons. The Balaban J connectivity index is 4.88. The van der Waals surface area contributed by atoms with E-state index in [1.165, 1.54) is 0 Å². The smallest absolute Gasteiger partial charge is 0.403 e. The molecule has 0 spiro atoms. The van der Waals surface area contributed by atoms with E-state index in [0.29, 0.717) is 0 Å². The van der Waals surface area contributed by atoms with Gasteiger partial charge < -0.3 is 10.2 Å². The number of aliphatic carboxylic acids is 1. The summed E-state index contributed by atoms with van der Waals surface area (Å²) < 4.78 is 71.1. The number of alkyl halides is 6. The van der Waals surface area contributed by atoms with E-state index >= 15 is 0 Å². The van der Waals surface area contributed by atoms with E-state index in [0.717, 1.165) is 0 Å². The molecule has 2 N–H and O–H groups in total. The number of rotatable bonds is 3. The normalized spacial score (nSPS) is 15.5. The first-order valence-electron chi connectivity index (χ1n) is 3.49. The molecule has 0 saturated carbocycles. The third kappa shape index (κ3) is 4.36. The van der Waals surface area contributed by atoms with Gasteiger partial charge in [-0.1, -0.05) is 0 Å². The number of carbonyl (C=O) groups is 1. The Morgan fingerprint density at radius 3 is 1.60 bits per heavy atom. The zero-order valence-electron chi connectivity index (χ0n) is 6.93. The first-order valence-corrected chi connectivity index (χ1v) is 3.49. The largest absolute Gasteiger partial charge is 0.481 e. The summed E-state index contributed by atoms with van der Waals surface area (Å²) in [6, 6.07) is 0. The van der Waals surface area contributed by atoms with Gasteiger partial charge >= 0.3 is 18.3 Å². The van der Waals surface area contributed by atoms with E-state index in [-0.39, 0.29) is 0 Å². The van der Waals surface area contributed by atoms with Crippen molar-refractivity contribution in [3.63, 3.8) is 0 Å². The molecular formula is C6H6F6O3. The lowest BCUT2D eigenvalue weighted by Gasteiger charge is -2.26. The minimum atomic E-state index is -5.73. The molecular weight excluding hydrogens is 234 g/mol. The van der Waals surface area contributed by atoms with Crippen LogP contribution < -0.4 is 0 Å². The highest BCUT2D eigenvalue weighted by Gasteiger charge is 2.60. The Morgan fingerprint density at radius 1 is 1.07 bits per heavy atom. The maximum absolute atomic E-state index is 11.8. The molecule has 1 atom stereocenters. The second kappa shape index (κ2) is 4.25. The monoisotopic (exact) mass is 240 g/mol. The summed E-state index contributed by atoms with van der Waals surface area (Å²) in [5.74, 6) is -5.98. The van der Waals surface area contributed by atoms with E-state index in [1.54, 1.807) is 0 Å². The minimum Gasteiger partial charge on any atom is -0.481 e. The van der Waals surface area contributed by atoms with E-state index in [4.69, 9.17) is 10.2 Å². The van der Waals surface area contributed by atoms with Crippen LogP contribution in [0.25, 0.3) is 0 Å². The van der Waals surface area contributed by atoms with Gasteiger partial charge in [-0.3, -0.25) is 4.79 Å². The Labute approximate surface area is 79.3 Å². The first kappa shape index (κ1) is 14.0. The van der Waals surface area contributed by atoms with Crippen molar-refractivity contribution in [2.45, 2.75) is 24.9 Å². The maximum atomic E-state index is 11.8. The molecule has 0 aliphatic carbocycles. The number of carboxylic acid groups (broad SMARTS) is 1. The van der Waals surface area contributed by atoms with Crippen molar-refractivity contribution < 1.29 is 41.4 Å². The van der Waals surface area contributed by atoms with Crippen molar-refractivity contribution in [1.29, 1.82) is 0 Å². The Hall–Kier alpha value is -0.990. The van der Waals surface area contributed by atoms with Crippen LogP contribution in [-0.2, 0) is 4.79 Å². The van der Waals surface area contributed by atoms with Gasteiger partial charge in [0, 0.05) is 0 Å². The molecule has 1 unspecified atom stereocenters. The molecule has 0 amide bonds. The van der Waals surface area contributed by atoms with Gasteiger partial charge in [0.1, 0.15) is 0 Å². The molecule has 0 saturated heterocycles. The predicted octanol–water partition coefficient (Wildman–Crippen LogP) is 1.56. The molecule has 0 aliphatic heterocycles. The summed E-state index contributed by atoms with van der Waals surface area (Å²) in [5, 5.41) is 16.5. The molecule has 0 aromatic heterocycles. The Morgan fingerprint density at radius 2 is 1.40 bits per heavy atom. The van der Waals surface area contributed by atoms with Crippen LogP contribution in [-0.4, -0.2) is 34.6 Å². The zero-order valence-corrected chi connectivity index (χ0v) is 6.93. The first-order chi connectivity index (χ1) is 6.46. The van der Waals surface area contributed by atoms with Crippen LogP contribution in [0.5, 0.6) is 0 Å². The van der Waals surface area contributed by atoms with Gasteiger partial charge in [-0.15, -0.1) is 0 Å². The highest BCUT2D eigenvalue weighted by molar-refractivity contribution is 5.67. The standard InChI is InChI=1S/C6H6F6O3/c7-5(8,9)4(6(10,11)12)2(13)1-3(14)15/h2,4,13H,1H2,(H,14,15). The van der Waals surface area contributed by atoms with Crippen molar-refractivity contribution in [1.82, 2.24) is 0 Å². The molecule has 15 heavy (non-hydrogen) atoms. The van der Waals surface area contributed by atoms with Crippen molar-refractivity contribution in [2.24, 2.45) is 5.92 Å². The van der Waals surface area contributed by atoms with Crippen LogP contribution in [0.15, 0.2) is 0 Å². The van der Waals surface area contributed by atoms with Gasteiger partial charge in [0.25, 0.3) is 0 Å². The number of hydrogen-bond acceptors (Lipinski definition) is 2. The molecule has 0 aromatic carbocycles. The van der Waals surface area contributed by atoms with Crippen molar-refractivity contribution in [3.05, 3.63) is 0 Å². The fourth-order valence-corrected chi connectivity index (χ4v) is 0.919. The maximum Gasteiger partial charge on any atom is 0.403 e. The summed E-state index contributed by atoms with van der Waals surface area (Å²) in [7, 11) is 0. The van der Waals surface area contributed by atoms with E-state index < -0.39 is 36.8 Å². The van der Waals surface area contributed by atoms with Gasteiger partial charge in [0.05, 0.1) is 12.5 Å². The molecule has 3 nitrogen and oxygen atoms in total. The van der Waals surface area contributed by atoms with Gasteiger partial charge in [0.2, 0.25) is 0 Å². The molecule has 0 fully saturated rings. The molecule has 0 aliphatic rings. The van der Waals surface area contributed by atoms with Crippen molar-refractivity contribution in [2.75, 3.05) is 0 Å². The number of aliphatic hydroxyl groups is 1. The summed E-state index contributed by atoms with van der Waals surface area (Å²) >= 11 is 0. The lowest BCUT2D eigenvalue weighted by atomic mass is 9.98. The summed E-state index contributed by atoms with van der Waals surface area (Å²) in [6.45, 7) is 0. The van der Waals surface area contributed by atoms with E-state index in [9.17, 15) is 31.1 Å². The highest BCUT2D eigenvalue weighted by atomic mass is 19.4. The predicted molar refractivity (Wildman–Crippen MR) is 33.9 cm³/mol. The highest BCUT2D eigenvalue weighted by Crippen LogP contribution is 2.41. The van der Waals surface area contributed by atoms with Crippen LogP contribution in [0.1, 0.15) is 6.42 Å². The van der Waals surface area contributed by atoms with Crippen molar-refractivity contribution >= 4 is 5.97 Å². The molecule has 0 bridgehead atoms. The lowest BCUT2D eigenvalue weighted by molar-refractivity contribution is -0.306. The number of aliphatic hydroxyl groups excluding tert-OH is 1. The van der Waals surface area contributed by atoms with Crippen LogP contribution in [0, 0.1) is 5.92 Å². The fraction of sp³-hybridized carbons (Fsp3) is 0.833. The minimum absolute atomic E-state index is 1.62. The summed E-state index contributed by atoms with van der Waals surface area (Å²) in [4.78, 5) is 9.87. The fourth-order valence-electron chi connectivity index (χ4n) is 0.919. The molecule has 9 heteroatoms. The van der Waals surface area contributed by atoms with E-state index in [2.05, 4.69) is 0 Å². The SMILES string of the molecule is O=C(O)CC(O)C(C(F)(F)F)C(F)(F)F. The molecule has 0 aromatic rings. The third-order valence-electron chi connectivity index (χ3n) is 1.47. The summed E-state index contributed by atoms with van der Waals surface area (Å²) in [5.41, 5.74) is 0. The van der Waals surface area contributed by atoms with Gasteiger partial charge in [0.15, 0.2) is 5.92 Å². The number of carboxylic acids is 1. The Kier molecular flexibility index (Phi) is 3.97. The summed E-state index contributed by atoms with van der Waals surface area (Å²) in [6.07, 6.45) is -16.1. The van der Waals surface area contributed by atoms with Crippen LogP contribution in [0.3, 0.4) is 0 Å². The van der Waals surface area contributed by atoms with Gasteiger partial charge in [-0.25, -0.2) is 0 Å². The van der Waals surface area contributed by atoms with Crippen LogP contribution >= 0.6 is 0 Å². The number of halogens is 6. The average Bonchev–Trinajstić information content (AvgIpc) is 1.74. The molecule has 0 rings (SSSR count). The second-order valence-corrected chi connectivity index (χ2v) is 2.73. The zero-order chi connectivity index (χ0) is 12.4. The molecule has 0 heterocycles. The Bertz CT molecular complexity index is 218. The van der Waals surface area contributed by atoms with Crippen molar-refractivity contribution in [3.8, 4) is 0 Å². The third-order valence-corrected chi connectivity index (χ3v) is 1.47. The average molecular weight is 240 g/mol. The number of hydrogen-bond donors (Lipinski definition) is 2. The molecule has 90 valence electrons. The lowest BCUT2D eigenvalue weighted by Crippen LogP contribution is -2.45. The quantitative estimate of drug-likeness (QED) is 0.736. The van der Waals surface area contributed by atoms with Gasteiger partial charge in [-0.2, -0.15) is 26.3 Å². The second-order valence-electron chi connectivity index (χ2n) is 2.73. The van der Waals surface area contributed by atoms with E-state index in [1.807, 2.05) is 0 Å². The topological polar surface area (TPSA) is 57.5 Å².